The zero-order valence-electron chi connectivity index (χ0n) is 25.7. The Hall–Kier alpha value is -5.91. The molecule has 0 atom stereocenters. The molecule has 0 aliphatic carbocycles. The first-order valence-electron chi connectivity index (χ1n) is 14.5. The summed E-state index contributed by atoms with van der Waals surface area (Å²) in [4.78, 5) is 11.1. The summed E-state index contributed by atoms with van der Waals surface area (Å²) in [5.41, 5.74) is 13.6. The monoisotopic (exact) mass is 710 g/mol. The van der Waals surface area contributed by atoms with Crippen LogP contribution in [0.4, 0.5) is 34.1 Å². The van der Waals surface area contributed by atoms with Gasteiger partial charge in [0.25, 0.3) is 20.2 Å². The number of aliphatic hydroxyl groups excluding tert-OH is 1. The summed E-state index contributed by atoms with van der Waals surface area (Å²) in [6, 6.07) is 25.4. The van der Waals surface area contributed by atoms with Crippen LogP contribution in [0.3, 0.4) is 0 Å². The minimum absolute atomic E-state index is 0.00989. The Kier molecular flexibility index (Phi) is 8.96. The highest BCUT2D eigenvalue weighted by atomic mass is 32.2. The summed E-state index contributed by atoms with van der Waals surface area (Å²) in [5.74, 6) is 0. The minimum atomic E-state index is -4.71. The molecule has 0 saturated carbocycles. The molecule has 14 nitrogen and oxygen atoms in total. The summed E-state index contributed by atoms with van der Waals surface area (Å²) in [5, 5.41) is 28.0. The largest absolute Gasteiger partial charge is 0.396 e. The van der Waals surface area contributed by atoms with Gasteiger partial charge in [-0.2, -0.15) is 21.9 Å². The van der Waals surface area contributed by atoms with Gasteiger partial charge in [-0.25, -0.2) is 0 Å². The van der Waals surface area contributed by atoms with E-state index in [-0.39, 0.29) is 50.5 Å². The molecule has 0 spiro atoms. The Morgan fingerprint density at radius 3 is 1.50 bits per heavy atom. The normalized spacial score (nSPS) is 12.4. The molecule has 0 bridgehead atoms. The van der Waals surface area contributed by atoms with Gasteiger partial charge >= 0.3 is 0 Å². The number of anilines is 2. The van der Waals surface area contributed by atoms with Gasteiger partial charge in [-0.15, -0.1) is 15.3 Å². The van der Waals surface area contributed by atoms with Crippen molar-refractivity contribution in [1.29, 1.82) is 0 Å². The van der Waals surface area contributed by atoms with Crippen molar-refractivity contribution in [2.75, 3.05) is 11.5 Å². The van der Waals surface area contributed by atoms with Crippen LogP contribution in [0.5, 0.6) is 0 Å². The zero-order chi connectivity index (χ0) is 35.8. The molecule has 0 aliphatic rings. The van der Waals surface area contributed by atoms with Crippen molar-refractivity contribution in [1.82, 2.24) is 0 Å². The molecule has 0 aliphatic heterocycles. The van der Waals surface area contributed by atoms with Gasteiger partial charge in [0, 0.05) is 21.9 Å². The number of carbonyl (C=O) groups excluding carboxylic acids is 1. The molecule has 6 rings (SSSR count). The average molecular weight is 711 g/mol. The van der Waals surface area contributed by atoms with Gasteiger partial charge in [-0.05, 0) is 58.3 Å². The number of hydrogen-bond acceptors (Lipinski definition) is 12. The smallest absolute Gasteiger partial charge is 0.297 e. The topological polar surface area (TPSA) is 248 Å². The van der Waals surface area contributed by atoms with E-state index in [0.717, 1.165) is 0 Å². The second-order valence-corrected chi connectivity index (χ2v) is 13.7. The molecule has 0 saturated heterocycles. The Morgan fingerprint density at radius 2 is 1.02 bits per heavy atom. The number of hydrogen-bond donors (Lipinski definition) is 5. The fourth-order valence-corrected chi connectivity index (χ4v) is 7.17. The van der Waals surface area contributed by atoms with E-state index in [1.807, 2.05) is 0 Å². The van der Waals surface area contributed by atoms with Crippen molar-refractivity contribution in [2.24, 2.45) is 20.5 Å². The number of fused-ring (bicyclic) bond motifs is 2. The molecular weight excluding hydrogens is 685 g/mol. The van der Waals surface area contributed by atoms with Crippen molar-refractivity contribution in [3.8, 4) is 11.1 Å². The van der Waals surface area contributed by atoms with Crippen LogP contribution in [0.1, 0.15) is 15.9 Å². The number of aliphatic hydroxyl groups is 1. The van der Waals surface area contributed by atoms with E-state index in [2.05, 4.69) is 20.5 Å². The summed E-state index contributed by atoms with van der Waals surface area (Å²) in [6.07, 6.45) is 0.565. The Balaban J connectivity index is 1.33. The van der Waals surface area contributed by atoms with Crippen molar-refractivity contribution in [3.63, 3.8) is 0 Å². The van der Waals surface area contributed by atoms with E-state index in [4.69, 9.17) is 11.5 Å². The predicted molar refractivity (Wildman–Crippen MR) is 188 cm³/mol. The van der Waals surface area contributed by atoms with Crippen molar-refractivity contribution < 1.29 is 35.8 Å². The average Bonchev–Trinajstić information content (AvgIpc) is 3.08. The van der Waals surface area contributed by atoms with E-state index in [1.54, 1.807) is 66.7 Å². The standard InChI is InChI=1S/C34H26N6O8S2/c35-31-29(15-21-5-1-3-7-25(21)33(31)49(43,44)45)39-37-27-11-9-19(13-23(27)17-41)20-10-12-28(24(14-20)18-42)38-40-30-16-22-6-2-4-8-26(22)34(32(30)36)50(46,47)48/h1-17,42H,18,35-36H2,(H,43,44,45)(H,46,47,48). The fraction of sp³-hybridized carbons (Fsp3) is 0.0294. The van der Waals surface area contributed by atoms with Gasteiger partial charge in [0.05, 0.1) is 29.4 Å². The molecule has 7 N–H and O–H groups in total. The van der Waals surface area contributed by atoms with E-state index in [0.29, 0.717) is 33.7 Å². The van der Waals surface area contributed by atoms with Crippen LogP contribution in [0, 0.1) is 0 Å². The first kappa shape index (κ1) is 34.0. The number of nitrogen functional groups attached to an aromatic ring is 2. The van der Waals surface area contributed by atoms with Crippen LogP contribution >= 0.6 is 0 Å². The molecule has 0 amide bonds. The number of benzene rings is 6. The van der Waals surface area contributed by atoms with Crippen LogP contribution in [-0.4, -0.2) is 37.3 Å². The number of aldehydes is 1. The van der Waals surface area contributed by atoms with Crippen LogP contribution in [0.15, 0.2) is 127 Å². The second-order valence-electron chi connectivity index (χ2n) is 11.0. The second kappa shape index (κ2) is 13.2. The maximum atomic E-state index is 12.1. The molecule has 6 aromatic rings. The SMILES string of the molecule is Nc1c(N=Nc2ccc(-c3ccc(N=Nc4cc5ccccc5c(S(=O)(=O)O)c4N)c(CO)c3)cc2C=O)cc2ccccc2c1S(=O)(=O)O. The fourth-order valence-electron chi connectivity index (χ4n) is 5.48. The van der Waals surface area contributed by atoms with Gasteiger partial charge in [0.1, 0.15) is 21.2 Å². The number of nitrogens with two attached hydrogens (primary N) is 2. The number of azo groups is 2. The number of rotatable bonds is 9. The summed E-state index contributed by atoms with van der Waals surface area (Å²) in [7, 11) is -9.41. The molecule has 0 fully saturated rings. The maximum Gasteiger partial charge on any atom is 0.297 e. The molecule has 0 heterocycles. The molecule has 50 heavy (non-hydrogen) atoms. The minimum Gasteiger partial charge on any atom is -0.396 e. The zero-order valence-corrected chi connectivity index (χ0v) is 27.3. The predicted octanol–water partition coefficient (Wildman–Crippen LogP) is 7.45. The lowest BCUT2D eigenvalue weighted by atomic mass is 10.00. The van der Waals surface area contributed by atoms with Crippen LogP contribution in [-0.2, 0) is 26.8 Å². The number of nitrogens with zero attached hydrogens (tertiary/aromatic N) is 4. The first-order chi connectivity index (χ1) is 23.8. The van der Waals surface area contributed by atoms with E-state index < -0.39 is 36.6 Å². The van der Waals surface area contributed by atoms with Gasteiger partial charge in [-0.3, -0.25) is 13.9 Å². The molecule has 0 aromatic heterocycles. The van der Waals surface area contributed by atoms with Crippen LogP contribution in [0.25, 0.3) is 32.7 Å². The van der Waals surface area contributed by atoms with Crippen LogP contribution in [0.2, 0.25) is 0 Å². The lowest BCUT2D eigenvalue weighted by molar-refractivity contribution is 0.112. The Bertz CT molecular complexity index is 2640. The molecule has 0 unspecified atom stereocenters. The third-order valence-electron chi connectivity index (χ3n) is 7.82. The van der Waals surface area contributed by atoms with Gasteiger partial charge in [-0.1, -0.05) is 60.7 Å². The van der Waals surface area contributed by atoms with Gasteiger partial charge < -0.3 is 16.6 Å². The van der Waals surface area contributed by atoms with Crippen LogP contribution < -0.4 is 11.5 Å². The van der Waals surface area contributed by atoms with E-state index in [9.17, 15) is 35.8 Å². The van der Waals surface area contributed by atoms with Crippen molar-refractivity contribution in [3.05, 3.63) is 108 Å². The highest BCUT2D eigenvalue weighted by Gasteiger charge is 2.23. The third kappa shape index (κ3) is 6.56. The molecular formula is C34H26N6O8S2. The maximum absolute atomic E-state index is 12.1. The van der Waals surface area contributed by atoms with Gasteiger partial charge in [0.2, 0.25) is 0 Å². The molecule has 252 valence electrons. The Labute approximate surface area is 284 Å². The quantitative estimate of drug-likeness (QED) is 0.0429. The molecule has 6 aromatic carbocycles. The van der Waals surface area contributed by atoms with E-state index >= 15 is 0 Å². The van der Waals surface area contributed by atoms with Gasteiger partial charge in [0.15, 0.2) is 6.29 Å². The first-order valence-corrected chi connectivity index (χ1v) is 17.4. The van der Waals surface area contributed by atoms with E-state index in [1.165, 1.54) is 30.3 Å². The van der Waals surface area contributed by atoms with Crippen molar-refractivity contribution in [2.45, 2.75) is 16.4 Å². The lowest BCUT2D eigenvalue weighted by Gasteiger charge is -2.11. The third-order valence-corrected chi connectivity index (χ3v) is 9.73. The summed E-state index contributed by atoms with van der Waals surface area (Å²) >= 11 is 0. The highest BCUT2D eigenvalue weighted by Crippen LogP contribution is 2.40. The highest BCUT2D eigenvalue weighted by molar-refractivity contribution is 7.86. The van der Waals surface area contributed by atoms with Crippen molar-refractivity contribution >= 4 is 82.2 Å². The summed E-state index contributed by atoms with van der Waals surface area (Å²) < 4.78 is 68.2. The molecule has 16 heteroatoms. The number of carbonyl (C=O) groups is 1. The summed E-state index contributed by atoms with van der Waals surface area (Å²) in [6.45, 7) is -0.447. The lowest BCUT2D eigenvalue weighted by Crippen LogP contribution is -2.04. The molecule has 0 radical (unpaired) electrons. The Morgan fingerprint density at radius 1 is 0.580 bits per heavy atom.